The van der Waals surface area contributed by atoms with Gasteiger partial charge in [0.05, 0.1) is 24.0 Å². The minimum absolute atomic E-state index is 0.0410. The zero-order valence-electron chi connectivity index (χ0n) is 16.5. The molecule has 4 N–H and O–H groups in total. The average Bonchev–Trinajstić information content (AvgIpc) is 3.16. The number of rotatable bonds is 7. The minimum Gasteiger partial charge on any atom is -0.361 e. The van der Waals surface area contributed by atoms with E-state index in [-0.39, 0.29) is 30.3 Å². The van der Waals surface area contributed by atoms with Crippen LogP contribution in [0.15, 0.2) is 53.5 Å². The van der Waals surface area contributed by atoms with E-state index >= 15 is 0 Å². The number of fused-ring (bicyclic) bond motifs is 2. The number of carbonyl (C=O) groups excluding carboxylic acids is 2. The summed E-state index contributed by atoms with van der Waals surface area (Å²) in [6, 6.07) is 12.6. The van der Waals surface area contributed by atoms with Gasteiger partial charge in [-0.1, -0.05) is 29.8 Å². The molecule has 2 amide bonds. The molecule has 0 saturated heterocycles. The highest BCUT2D eigenvalue weighted by atomic mass is 35.5. The fourth-order valence-corrected chi connectivity index (χ4v) is 3.63. The molecule has 4 aromatic rings. The van der Waals surface area contributed by atoms with Crippen LogP contribution in [0.5, 0.6) is 0 Å². The number of aromatic amines is 2. The molecule has 0 atom stereocenters. The lowest BCUT2D eigenvalue weighted by atomic mass is 10.1. The summed E-state index contributed by atoms with van der Waals surface area (Å²) in [6.45, 7) is 0.292. The molecular formula is C22H20ClN5O3. The summed E-state index contributed by atoms with van der Waals surface area (Å²) in [5.74, 6) is -0.642. The first kappa shape index (κ1) is 20.6. The molecule has 0 aliphatic heterocycles. The Morgan fingerprint density at radius 2 is 1.81 bits per heavy atom. The van der Waals surface area contributed by atoms with E-state index in [1.807, 2.05) is 24.4 Å². The van der Waals surface area contributed by atoms with Crippen LogP contribution in [0.4, 0.5) is 0 Å². The van der Waals surface area contributed by atoms with Crippen LogP contribution in [0.3, 0.4) is 0 Å². The second-order valence-electron chi connectivity index (χ2n) is 7.10. The number of nitrogens with one attached hydrogen (secondary N) is 4. The Hall–Kier alpha value is -3.65. The molecule has 0 bridgehead atoms. The van der Waals surface area contributed by atoms with E-state index in [0.717, 1.165) is 16.5 Å². The van der Waals surface area contributed by atoms with Crippen molar-refractivity contribution in [3.05, 3.63) is 75.3 Å². The average molecular weight is 438 g/mol. The van der Waals surface area contributed by atoms with Crippen molar-refractivity contribution in [1.82, 2.24) is 25.8 Å². The lowest BCUT2D eigenvalue weighted by Gasteiger charge is -2.08. The number of halogens is 1. The van der Waals surface area contributed by atoms with E-state index in [0.29, 0.717) is 34.5 Å². The maximum Gasteiger partial charge on any atom is 0.272 e. The maximum absolute atomic E-state index is 12.2. The zero-order chi connectivity index (χ0) is 21.8. The maximum atomic E-state index is 12.2. The summed E-state index contributed by atoms with van der Waals surface area (Å²) < 4.78 is 0. The van der Waals surface area contributed by atoms with Crippen LogP contribution in [-0.2, 0) is 22.4 Å². The number of hydrogen-bond acceptors (Lipinski definition) is 4. The van der Waals surface area contributed by atoms with E-state index in [2.05, 4.69) is 25.8 Å². The van der Waals surface area contributed by atoms with Gasteiger partial charge in [0, 0.05) is 34.1 Å². The highest BCUT2D eigenvalue weighted by Crippen LogP contribution is 2.22. The predicted octanol–water partition coefficient (Wildman–Crippen LogP) is 2.08. The molecule has 158 valence electrons. The summed E-state index contributed by atoms with van der Waals surface area (Å²) in [6.07, 6.45) is 2.49. The standard InChI is InChI=1S/C22H20ClN5O3/c23-14-5-6-18-17(9-14)13(11-25-18)7-8-24-21(30)12-26-20(29)10-19-15-3-1-2-4-16(15)22(31)28-27-19/h1-6,9,11,25H,7-8,10,12H2,(H,24,30)(H,26,29)(H,28,31). The molecule has 0 aliphatic carbocycles. The largest absolute Gasteiger partial charge is 0.361 e. The summed E-state index contributed by atoms with van der Waals surface area (Å²) in [7, 11) is 0. The number of hydrogen-bond donors (Lipinski definition) is 4. The molecule has 2 aromatic carbocycles. The fourth-order valence-electron chi connectivity index (χ4n) is 3.46. The lowest BCUT2D eigenvalue weighted by Crippen LogP contribution is -2.38. The van der Waals surface area contributed by atoms with E-state index in [1.54, 1.807) is 24.3 Å². The summed E-state index contributed by atoms with van der Waals surface area (Å²) >= 11 is 6.06. The van der Waals surface area contributed by atoms with Crippen molar-refractivity contribution in [2.24, 2.45) is 0 Å². The van der Waals surface area contributed by atoms with Crippen molar-refractivity contribution < 1.29 is 9.59 Å². The van der Waals surface area contributed by atoms with E-state index < -0.39 is 0 Å². The molecule has 0 saturated carbocycles. The second-order valence-corrected chi connectivity index (χ2v) is 7.54. The van der Waals surface area contributed by atoms with Gasteiger partial charge in [-0.25, -0.2) is 5.10 Å². The molecule has 31 heavy (non-hydrogen) atoms. The van der Waals surface area contributed by atoms with Gasteiger partial charge in [-0.2, -0.15) is 5.10 Å². The summed E-state index contributed by atoms with van der Waals surface area (Å²) in [5, 5.41) is 14.5. The first-order chi connectivity index (χ1) is 15.0. The Morgan fingerprint density at radius 1 is 1.00 bits per heavy atom. The fraction of sp³-hybridized carbons (Fsp3) is 0.182. The molecule has 9 heteroatoms. The third-order valence-corrected chi connectivity index (χ3v) is 5.23. The van der Waals surface area contributed by atoms with Crippen LogP contribution < -0.4 is 16.2 Å². The lowest BCUT2D eigenvalue weighted by molar-refractivity contribution is -0.125. The first-order valence-corrected chi connectivity index (χ1v) is 10.1. The van der Waals surface area contributed by atoms with Gasteiger partial charge in [0.1, 0.15) is 0 Å². The zero-order valence-corrected chi connectivity index (χ0v) is 17.3. The third kappa shape index (κ3) is 4.75. The summed E-state index contributed by atoms with van der Waals surface area (Å²) in [4.78, 5) is 39.3. The van der Waals surface area contributed by atoms with Crippen LogP contribution >= 0.6 is 11.6 Å². The van der Waals surface area contributed by atoms with Gasteiger partial charge < -0.3 is 15.6 Å². The molecular weight excluding hydrogens is 418 g/mol. The van der Waals surface area contributed by atoms with Crippen LogP contribution in [-0.4, -0.2) is 40.1 Å². The van der Waals surface area contributed by atoms with E-state index in [1.165, 1.54) is 0 Å². The van der Waals surface area contributed by atoms with Crippen LogP contribution in [0.1, 0.15) is 11.3 Å². The normalized spacial score (nSPS) is 11.0. The smallest absolute Gasteiger partial charge is 0.272 e. The number of H-pyrrole nitrogens is 2. The van der Waals surface area contributed by atoms with Gasteiger partial charge in [-0.15, -0.1) is 0 Å². The number of benzene rings is 2. The molecule has 0 unspecified atom stereocenters. The Kier molecular flexibility index (Phi) is 5.99. The van der Waals surface area contributed by atoms with E-state index in [9.17, 15) is 14.4 Å². The number of aromatic nitrogens is 3. The Balaban J connectivity index is 1.27. The van der Waals surface area contributed by atoms with Crippen molar-refractivity contribution >= 4 is 45.1 Å². The van der Waals surface area contributed by atoms with Crippen molar-refractivity contribution in [2.75, 3.05) is 13.1 Å². The van der Waals surface area contributed by atoms with Crippen molar-refractivity contribution in [1.29, 1.82) is 0 Å². The molecule has 8 nitrogen and oxygen atoms in total. The van der Waals surface area contributed by atoms with Crippen LogP contribution in [0.2, 0.25) is 5.02 Å². The quantitative estimate of drug-likeness (QED) is 0.354. The van der Waals surface area contributed by atoms with Gasteiger partial charge in [-0.3, -0.25) is 14.4 Å². The second kappa shape index (κ2) is 9.01. The molecule has 0 aliphatic rings. The molecule has 2 heterocycles. The highest BCUT2D eigenvalue weighted by molar-refractivity contribution is 6.31. The van der Waals surface area contributed by atoms with Crippen molar-refractivity contribution in [3.63, 3.8) is 0 Å². The Labute approximate surface area is 182 Å². The third-order valence-electron chi connectivity index (χ3n) is 5.00. The molecule has 4 rings (SSSR count). The number of carbonyl (C=O) groups is 2. The van der Waals surface area contributed by atoms with Crippen LogP contribution in [0, 0.1) is 0 Å². The van der Waals surface area contributed by atoms with Gasteiger partial charge >= 0.3 is 0 Å². The predicted molar refractivity (Wildman–Crippen MR) is 119 cm³/mol. The van der Waals surface area contributed by atoms with Gasteiger partial charge in [0.25, 0.3) is 5.56 Å². The Morgan fingerprint density at radius 3 is 2.65 bits per heavy atom. The first-order valence-electron chi connectivity index (χ1n) is 9.76. The van der Waals surface area contributed by atoms with Crippen molar-refractivity contribution in [3.8, 4) is 0 Å². The van der Waals surface area contributed by atoms with Crippen molar-refractivity contribution in [2.45, 2.75) is 12.8 Å². The minimum atomic E-state index is -0.355. The Bertz CT molecular complexity index is 1330. The molecule has 0 radical (unpaired) electrons. The SMILES string of the molecule is O=C(CNC(=O)Cc1n[nH]c(=O)c2ccccc12)NCCc1c[nH]c2ccc(Cl)cc12. The van der Waals surface area contributed by atoms with E-state index in [4.69, 9.17) is 11.6 Å². The topological polar surface area (TPSA) is 120 Å². The van der Waals surface area contributed by atoms with Crippen LogP contribution in [0.25, 0.3) is 21.7 Å². The number of amides is 2. The summed E-state index contributed by atoms with van der Waals surface area (Å²) in [5.41, 5.74) is 2.18. The molecule has 2 aromatic heterocycles. The van der Waals surface area contributed by atoms with Gasteiger partial charge in [-0.05, 0) is 36.2 Å². The molecule has 0 spiro atoms. The number of nitrogens with zero attached hydrogens (tertiary/aromatic N) is 1. The molecule has 0 fully saturated rings. The monoisotopic (exact) mass is 437 g/mol. The van der Waals surface area contributed by atoms with Gasteiger partial charge in [0.15, 0.2) is 0 Å². The highest BCUT2D eigenvalue weighted by Gasteiger charge is 2.12. The van der Waals surface area contributed by atoms with Gasteiger partial charge in [0.2, 0.25) is 11.8 Å².